The Morgan fingerprint density at radius 3 is 2.31 bits per heavy atom. The maximum absolute atomic E-state index is 3.99. The summed E-state index contributed by atoms with van der Waals surface area (Å²) >= 11 is 0. The van der Waals surface area contributed by atoms with Crippen molar-refractivity contribution >= 4 is 0 Å². The predicted octanol–water partition coefficient (Wildman–Crippen LogP) is 4.42. The summed E-state index contributed by atoms with van der Waals surface area (Å²) in [4.78, 5) is 0. The van der Waals surface area contributed by atoms with Crippen molar-refractivity contribution in [3.05, 3.63) is 48.1 Å². The SMILES string of the molecule is C=C(C)/C=C1/CC=CCC1=C.CC. The molecule has 0 unspecified atom stereocenters. The summed E-state index contributed by atoms with van der Waals surface area (Å²) in [5.41, 5.74) is 3.67. The van der Waals surface area contributed by atoms with Crippen LogP contribution in [0.4, 0.5) is 0 Å². The van der Waals surface area contributed by atoms with E-state index >= 15 is 0 Å². The molecular weight excluding hydrogens is 156 g/mol. The topological polar surface area (TPSA) is 0 Å². The van der Waals surface area contributed by atoms with Gasteiger partial charge in [-0.2, -0.15) is 0 Å². The third kappa shape index (κ3) is 4.51. The molecule has 0 bridgehead atoms. The second-order valence-electron chi connectivity index (χ2n) is 3.00. The summed E-state index contributed by atoms with van der Waals surface area (Å²) in [6, 6.07) is 0. The zero-order valence-electron chi connectivity index (χ0n) is 9.06. The van der Waals surface area contributed by atoms with Crippen LogP contribution in [0.5, 0.6) is 0 Å². The van der Waals surface area contributed by atoms with Crippen molar-refractivity contribution in [2.75, 3.05) is 0 Å². The van der Waals surface area contributed by atoms with Crippen molar-refractivity contribution in [3.63, 3.8) is 0 Å². The lowest BCUT2D eigenvalue weighted by Gasteiger charge is -2.11. The highest BCUT2D eigenvalue weighted by molar-refractivity contribution is 5.39. The van der Waals surface area contributed by atoms with E-state index in [1.165, 1.54) is 11.1 Å². The lowest BCUT2D eigenvalue weighted by atomic mass is 9.95. The average Bonchev–Trinajstić information content (AvgIpc) is 2.12. The van der Waals surface area contributed by atoms with E-state index in [0.717, 1.165) is 18.4 Å². The van der Waals surface area contributed by atoms with Gasteiger partial charge in [0.15, 0.2) is 0 Å². The highest BCUT2D eigenvalue weighted by Crippen LogP contribution is 2.22. The molecule has 1 aliphatic carbocycles. The minimum atomic E-state index is 0.999. The van der Waals surface area contributed by atoms with E-state index < -0.39 is 0 Å². The molecule has 0 nitrogen and oxygen atoms in total. The number of rotatable bonds is 1. The molecule has 0 N–H and O–H groups in total. The Balaban J connectivity index is 0.000000671. The molecule has 0 saturated carbocycles. The van der Waals surface area contributed by atoms with E-state index in [-0.39, 0.29) is 0 Å². The van der Waals surface area contributed by atoms with E-state index in [1.54, 1.807) is 0 Å². The van der Waals surface area contributed by atoms with Crippen molar-refractivity contribution < 1.29 is 0 Å². The third-order valence-electron chi connectivity index (χ3n) is 1.74. The fourth-order valence-electron chi connectivity index (χ4n) is 1.17. The minimum absolute atomic E-state index is 0.999. The van der Waals surface area contributed by atoms with Crippen molar-refractivity contribution in [3.8, 4) is 0 Å². The molecule has 13 heavy (non-hydrogen) atoms. The van der Waals surface area contributed by atoms with Gasteiger partial charge in [-0.15, -0.1) is 0 Å². The van der Waals surface area contributed by atoms with Gasteiger partial charge in [0.05, 0.1) is 0 Å². The molecule has 0 saturated heterocycles. The minimum Gasteiger partial charge on any atom is -0.0961 e. The van der Waals surface area contributed by atoms with Crippen LogP contribution in [0.25, 0.3) is 0 Å². The molecule has 0 atom stereocenters. The van der Waals surface area contributed by atoms with Gasteiger partial charge >= 0.3 is 0 Å². The predicted molar refractivity (Wildman–Crippen MR) is 61.8 cm³/mol. The number of hydrogen-bond acceptors (Lipinski definition) is 0. The molecule has 72 valence electrons. The van der Waals surface area contributed by atoms with Gasteiger partial charge in [-0.25, -0.2) is 0 Å². The highest BCUT2D eigenvalue weighted by atomic mass is 14.1. The Hall–Kier alpha value is -1.04. The quantitative estimate of drug-likeness (QED) is 0.519. The van der Waals surface area contributed by atoms with Gasteiger partial charge in [0.1, 0.15) is 0 Å². The number of allylic oxidation sites excluding steroid dienone is 6. The maximum atomic E-state index is 3.99. The summed E-state index contributed by atoms with van der Waals surface area (Å²) in [6.45, 7) is 13.8. The maximum Gasteiger partial charge on any atom is -0.00946 e. The molecule has 1 rings (SSSR count). The van der Waals surface area contributed by atoms with Crippen molar-refractivity contribution in [2.24, 2.45) is 0 Å². The van der Waals surface area contributed by atoms with Crippen LogP contribution in [0.3, 0.4) is 0 Å². The number of hydrogen-bond donors (Lipinski definition) is 0. The molecule has 0 amide bonds. The fraction of sp³-hybridized carbons (Fsp3) is 0.385. The summed E-state index contributed by atoms with van der Waals surface area (Å²) in [7, 11) is 0. The third-order valence-corrected chi connectivity index (χ3v) is 1.74. The van der Waals surface area contributed by atoms with Crippen molar-refractivity contribution in [1.82, 2.24) is 0 Å². The molecular formula is C13H20. The second-order valence-corrected chi connectivity index (χ2v) is 3.00. The van der Waals surface area contributed by atoms with E-state index in [1.807, 2.05) is 20.8 Å². The summed E-state index contributed by atoms with van der Waals surface area (Å²) in [5.74, 6) is 0. The van der Waals surface area contributed by atoms with Crippen LogP contribution in [0.2, 0.25) is 0 Å². The first-order chi connectivity index (χ1) is 6.20. The Bertz CT molecular complexity index is 239. The van der Waals surface area contributed by atoms with Crippen LogP contribution < -0.4 is 0 Å². The van der Waals surface area contributed by atoms with Crippen LogP contribution in [-0.2, 0) is 0 Å². The standard InChI is InChI=1S/C11H14.C2H6/c1-9(2)8-11-7-5-4-6-10(11)3;1-2/h4-5,8H,1,3,6-7H2,2H3;1-2H3/b11-8-;. The monoisotopic (exact) mass is 176 g/mol. The van der Waals surface area contributed by atoms with Gasteiger partial charge in [-0.3, -0.25) is 0 Å². The van der Waals surface area contributed by atoms with Gasteiger partial charge in [0.25, 0.3) is 0 Å². The van der Waals surface area contributed by atoms with Gasteiger partial charge in [-0.05, 0) is 30.9 Å². The zero-order chi connectivity index (χ0) is 10.3. The molecule has 1 aliphatic rings. The van der Waals surface area contributed by atoms with Gasteiger partial charge in [-0.1, -0.05) is 50.8 Å². The normalized spacial score (nSPS) is 18.1. The van der Waals surface area contributed by atoms with Crippen LogP contribution in [0.15, 0.2) is 48.1 Å². The molecule has 0 aromatic rings. The summed E-state index contributed by atoms with van der Waals surface area (Å²) in [5, 5.41) is 0. The first-order valence-electron chi connectivity index (χ1n) is 4.89. The smallest absolute Gasteiger partial charge is 0.00946 e. The molecule has 0 heteroatoms. The lowest BCUT2D eigenvalue weighted by Crippen LogP contribution is -1.91. The van der Waals surface area contributed by atoms with Crippen LogP contribution in [0, 0.1) is 0 Å². The Morgan fingerprint density at radius 2 is 1.85 bits per heavy atom. The van der Waals surface area contributed by atoms with Crippen LogP contribution >= 0.6 is 0 Å². The van der Waals surface area contributed by atoms with E-state index in [9.17, 15) is 0 Å². The second kappa shape index (κ2) is 6.47. The van der Waals surface area contributed by atoms with Gasteiger partial charge in [0.2, 0.25) is 0 Å². The summed E-state index contributed by atoms with van der Waals surface area (Å²) < 4.78 is 0. The van der Waals surface area contributed by atoms with Gasteiger partial charge in [0, 0.05) is 0 Å². The van der Waals surface area contributed by atoms with Crippen LogP contribution in [0.1, 0.15) is 33.6 Å². The van der Waals surface area contributed by atoms with Crippen molar-refractivity contribution in [2.45, 2.75) is 33.6 Å². The van der Waals surface area contributed by atoms with E-state index in [0.29, 0.717) is 0 Å². The average molecular weight is 176 g/mol. The first kappa shape index (κ1) is 12.0. The summed E-state index contributed by atoms with van der Waals surface area (Å²) in [6.07, 6.45) is 8.48. The molecule has 0 aromatic heterocycles. The molecule has 0 radical (unpaired) electrons. The Kier molecular flexibility index (Phi) is 5.96. The molecule has 0 heterocycles. The van der Waals surface area contributed by atoms with Crippen molar-refractivity contribution in [1.29, 1.82) is 0 Å². The van der Waals surface area contributed by atoms with Crippen LogP contribution in [-0.4, -0.2) is 0 Å². The molecule has 0 spiro atoms. The molecule has 0 fully saturated rings. The van der Waals surface area contributed by atoms with Gasteiger partial charge < -0.3 is 0 Å². The zero-order valence-corrected chi connectivity index (χ0v) is 9.06. The highest BCUT2D eigenvalue weighted by Gasteiger charge is 2.03. The fourth-order valence-corrected chi connectivity index (χ4v) is 1.17. The van der Waals surface area contributed by atoms with E-state index in [4.69, 9.17) is 0 Å². The largest absolute Gasteiger partial charge is 0.0961 e. The Labute approximate surface area is 82.4 Å². The molecule has 0 aromatic carbocycles. The first-order valence-corrected chi connectivity index (χ1v) is 4.89. The van der Waals surface area contributed by atoms with E-state index in [2.05, 4.69) is 31.4 Å². The lowest BCUT2D eigenvalue weighted by molar-refractivity contribution is 1.08. The molecule has 0 aliphatic heterocycles. The Morgan fingerprint density at radius 1 is 1.31 bits per heavy atom.